The van der Waals surface area contributed by atoms with Crippen molar-refractivity contribution in [3.63, 3.8) is 0 Å². The third kappa shape index (κ3) is 2.86. The average molecular weight is 416 g/mol. The number of halogens is 4. The third-order valence-corrected chi connectivity index (χ3v) is 5.78. The van der Waals surface area contributed by atoms with Crippen molar-refractivity contribution < 1.29 is 27.5 Å². The second-order valence-electron chi connectivity index (χ2n) is 7.40. The maximum absolute atomic E-state index is 15.6. The molecule has 0 unspecified atom stereocenters. The number of aliphatic carboxylic acids is 1. The van der Waals surface area contributed by atoms with Crippen LogP contribution in [0.3, 0.4) is 0 Å². The van der Waals surface area contributed by atoms with Gasteiger partial charge in [0.05, 0.1) is 0 Å². The standard InChI is InChI=1S/C22H16F4N2O2/c1-20(15-5-3-2-4-6-15)17(21(20,23)19(29)30)13-7-9-14(10-8-13)18-27-12-11-16(28-18)22(24,25)26/h2-12,17H,1H3,(H,29,30)/t17-,20+,21+/m0/s1. The first kappa shape index (κ1) is 20.0. The highest BCUT2D eigenvalue weighted by atomic mass is 19.4. The van der Waals surface area contributed by atoms with Crippen LogP contribution in [0.1, 0.15) is 29.7 Å². The summed E-state index contributed by atoms with van der Waals surface area (Å²) < 4.78 is 54.2. The predicted molar refractivity (Wildman–Crippen MR) is 100 cm³/mol. The van der Waals surface area contributed by atoms with Gasteiger partial charge in [-0.2, -0.15) is 13.2 Å². The molecule has 2 aromatic carbocycles. The fourth-order valence-corrected chi connectivity index (χ4v) is 4.12. The van der Waals surface area contributed by atoms with Crippen molar-refractivity contribution in [2.75, 3.05) is 0 Å². The van der Waals surface area contributed by atoms with Crippen molar-refractivity contribution in [2.45, 2.75) is 30.1 Å². The number of hydrogen-bond acceptors (Lipinski definition) is 3. The molecular formula is C22H16F4N2O2. The molecule has 1 N–H and O–H groups in total. The SMILES string of the molecule is C[C@@]1(c2ccccc2)[C@H](c2ccc(-c3nccc(C(F)(F)F)n3)cc2)[C@@]1(F)C(=O)O. The van der Waals surface area contributed by atoms with E-state index in [2.05, 4.69) is 9.97 Å². The van der Waals surface area contributed by atoms with Gasteiger partial charge in [0.25, 0.3) is 0 Å². The molecule has 1 saturated carbocycles. The van der Waals surface area contributed by atoms with E-state index in [1.165, 1.54) is 24.3 Å². The molecule has 30 heavy (non-hydrogen) atoms. The molecule has 1 heterocycles. The number of carboxylic acids is 1. The van der Waals surface area contributed by atoms with Crippen molar-refractivity contribution in [3.05, 3.63) is 83.7 Å². The molecule has 4 nitrogen and oxygen atoms in total. The van der Waals surface area contributed by atoms with E-state index in [4.69, 9.17) is 0 Å². The van der Waals surface area contributed by atoms with E-state index in [-0.39, 0.29) is 5.82 Å². The van der Waals surface area contributed by atoms with Crippen LogP contribution in [0.2, 0.25) is 0 Å². The Bertz CT molecular complexity index is 1100. The number of rotatable bonds is 4. The summed E-state index contributed by atoms with van der Waals surface area (Å²) >= 11 is 0. The number of carboxylic acid groups (broad SMARTS) is 1. The molecule has 0 aliphatic heterocycles. The van der Waals surface area contributed by atoms with Gasteiger partial charge in [-0.25, -0.2) is 19.2 Å². The first-order valence-corrected chi connectivity index (χ1v) is 9.08. The molecule has 1 aliphatic carbocycles. The normalized spacial score (nSPS) is 25.7. The summed E-state index contributed by atoms with van der Waals surface area (Å²) in [5.74, 6) is -2.62. The number of benzene rings is 2. The summed E-state index contributed by atoms with van der Waals surface area (Å²) in [5.41, 5.74) is -3.53. The van der Waals surface area contributed by atoms with Crippen molar-refractivity contribution in [2.24, 2.45) is 0 Å². The monoisotopic (exact) mass is 416 g/mol. The van der Waals surface area contributed by atoms with Crippen LogP contribution in [0.25, 0.3) is 11.4 Å². The predicted octanol–water partition coefficient (Wildman–Crippen LogP) is 5.01. The van der Waals surface area contributed by atoms with Crippen LogP contribution in [0.5, 0.6) is 0 Å². The topological polar surface area (TPSA) is 63.1 Å². The van der Waals surface area contributed by atoms with E-state index in [1.54, 1.807) is 37.3 Å². The number of hydrogen-bond donors (Lipinski definition) is 1. The Morgan fingerprint density at radius 2 is 1.67 bits per heavy atom. The van der Waals surface area contributed by atoms with Crippen LogP contribution in [-0.2, 0) is 16.4 Å². The van der Waals surface area contributed by atoms with Crippen molar-refractivity contribution in [1.29, 1.82) is 0 Å². The van der Waals surface area contributed by atoms with Gasteiger partial charge in [-0.1, -0.05) is 61.5 Å². The zero-order chi connectivity index (χ0) is 21.7. The largest absolute Gasteiger partial charge is 0.479 e. The summed E-state index contributed by atoms with van der Waals surface area (Å²) in [6, 6.07) is 15.3. The minimum atomic E-state index is -4.60. The summed E-state index contributed by atoms with van der Waals surface area (Å²) in [6.07, 6.45) is -3.58. The van der Waals surface area contributed by atoms with E-state index in [0.717, 1.165) is 12.3 Å². The van der Waals surface area contributed by atoms with Gasteiger partial charge in [-0.05, 0) is 17.2 Å². The molecule has 8 heteroatoms. The Morgan fingerprint density at radius 1 is 1.03 bits per heavy atom. The molecule has 0 bridgehead atoms. The number of nitrogens with zero attached hydrogens (tertiary/aromatic N) is 2. The molecular weight excluding hydrogens is 400 g/mol. The average Bonchev–Trinajstić information content (AvgIpc) is 3.26. The Labute approximate surface area is 169 Å². The summed E-state index contributed by atoms with van der Waals surface area (Å²) in [6.45, 7) is 1.56. The van der Waals surface area contributed by atoms with E-state index in [1.807, 2.05) is 0 Å². The smallest absolute Gasteiger partial charge is 0.433 e. The molecule has 3 atom stereocenters. The summed E-state index contributed by atoms with van der Waals surface area (Å²) in [5, 5.41) is 9.58. The van der Waals surface area contributed by atoms with E-state index in [0.29, 0.717) is 16.7 Å². The maximum atomic E-state index is 15.6. The number of alkyl halides is 4. The molecule has 0 saturated heterocycles. The Kier molecular flexibility index (Phi) is 4.41. The lowest BCUT2D eigenvalue weighted by Crippen LogP contribution is -2.26. The second-order valence-corrected chi connectivity index (χ2v) is 7.40. The molecule has 1 aliphatic rings. The summed E-state index contributed by atoms with van der Waals surface area (Å²) in [4.78, 5) is 19.2. The second kappa shape index (κ2) is 6.62. The lowest BCUT2D eigenvalue weighted by molar-refractivity contribution is -0.145. The molecule has 0 radical (unpaired) electrons. The van der Waals surface area contributed by atoms with Crippen LogP contribution < -0.4 is 0 Å². The molecule has 0 spiro atoms. The van der Waals surface area contributed by atoms with Gasteiger partial charge in [0.2, 0.25) is 5.67 Å². The van der Waals surface area contributed by atoms with Crippen LogP contribution in [-0.4, -0.2) is 26.7 Å². The molecule has 3 aromatic rings. The minimum Gasteiger partial charge on any atom is -0.479 e. The number of carbonyl (C=O) groups is 1. The van der Waals surface area contributed by atoms with Gasteiger partial charge in [-0.15, -0.1) is 0 Å². The lowest BCUT2D eigenvalue weighted by atomic mass is 9.91. The Balaban J connectivity index is 1.70. The Morgan fingerprint density at radius 3 is 2.23 bits per heavy atom. The van der Waals surface area contributed by atoms with Crippen molar-refractivity contribution in [1.82, 2.24) is 9.97 Å². The van der Waals surface area contributed by atoms with E-state index in [9.17, 15) is 23.1 Å². The fourth-order valence-electron chi connectivity index (χ4n) is 4.12. The molecule has 1 aromatic heterocycles. The van der Waals surface area contributed by atoms with Crippen LogP contribution in [0.15, 0.2) is 66.9 Å². The molecule has 0 amide bonds. The summed E-state index contributed by atoms with van der Waals surface area (Å²) in [7, 11) is 0. The fraction of sp³-hybridized carbons (Fsp3) is 0.227. The highest BCUT2D eigenvalue weighted by Gasteiger charge is 2.81. The van der Waals surface area contributed by atoms with Crippen molar-refractivity contribution >= 4 is 5.97 Å². The van der Waals surface area contributed by atoms with E-state index < -0.39 is 34.8 Å². The zero-order valence-corrected chi connectivity index (χ0v) is 15.7. The van der Waals surface area contributed by atoms with Gasteiger partial charge in [-0.3, -0.25) is 0 Å². The number of aromatic nitrogens is 2. The van der Waals surface area contributed by atoms with Crippen molar-refractivity contribution in [3.8, 4) is 11.4 Å². The first-order chi connectivity index (χ1) is 14.1. The third-order valence-electron chi connectivity index (χ3n) is 5.78. The molecule has 4 rings (SSSR count). The lowest BCUT2D eigenvalue weighted by Gasteiger charge is -2.12. The minimum absolute atomic E-state index is 0.122. The first-order valence-electron chi connectivity index (χ1n) is 9.08. The zero-order valence-electron chi connectivity index (χ0n) is 15.7. The Hall–Kier alpha value is -3.29. The molecule has 1 fully saturated rings. The van der Waals surface area contributed by atoms with E-state index >= 15 is 4.39 Å². The highest BCUT2D eigenvalue weighted by Crippen LogP contribution is 2.70. The van der Waals surface area contributed by atoms with Gasteiger partial charge in [0.1, 0.15) is 5.69 Å². The van der Waals surface area contributed by atoms with Gasteiger partial charge >= 0.3 is 12.1 Å². The maximum Gasteiger partial charge on any atom is 0.433 e. The molecule has 154 valence electrons. The van der Waals surface area contributed by atoms with Gasteiger partial charge < -0.3 is 5.11 Å². The van der Waals surface area contributed by atoms with Crippen LogP contribution >= 0.6 is 0 Å². The van der Waals surface area contributed by atoms with Gasteiger partial charge in [0, 0.05) is 23.1 Å². The van der Waals surface area contributed by atoms with Crippen LogP contribution in [0, 0.1) is 0 Å². The van der Waals surface area contributed by atoms with Gasteiger partial charge in [0.15, 0.2) is 5.82 Å². The van der Waals surface area contributed by atoms with Crippen LogP contribution in [0.4, 0.5) is 17.6 Å². The quantitative estimate of drug-likeness (QED) is 0.608. The highest BCUT2D eigenvalue weighted by molar-refractivity contribution is 5.89.